The van der Waals surface area contributed by atoms with E-state index in [0.717, 1.165) is 23.9 Å². The molecule has 2 rings (SSSR count). The number of likely N-dealkylation sites (N-methyl/N-ethyl adjacent to an activating group) is 1. The summed E-state index contributed by atoms with van der Waals surface area (Å²) in [6.07, 6.45) is 6.39. The molecule has 0 aromatic heterocycles. The fourth-order valence-electron chi connectivity index (χ4n) is 2.56. The summed E-state index contributed by atoms with van der Waals surface area (Å²) in [6, 6.07) is 9.07. The topological polar surface area (TPSA) is 21.3 Å². The fourth-order valence-corrected chi connectivity index (χ4v) is 3.01. The first-order valence-corrected chi connectivity index (χ1v) is 7.60. The van der Waals surface area contributed by atoms with Gasteiger partial charge < -0.3 is 10.1 Å². The molecule has 0 aliphatic carbocycles. The van der Waals surface area contributed by atoms with E-state index in [2.05, 4.69) is 45.5 Å². The molecule has 1 saturated heterocycles. The lowest BCUT2D eigenvalue weighted by Gasteiger charge is -2.27. The lowest BCUT2D eigenvalue weighted by Crippen LogP contribution is -2.34. The molecule has 18 heavy (non-hydrogen) atoms. The summed E-state index contributed by atoms with van der Waals surface area (Å²) < 4.78 is 6.98. The van der Waals surface area contributed by atoms with Crippen molar-refractivity contribution in [3.8, 4) is 0 Å². The van der Waals surface area contributed by atoms with Crippen molar-refractivity contribution in [2.24, 2.45) is 0 Å². The van der Waals surface area contributed by atoms with Crippen LogP contribution in [-0.4, -0.2) is 25.8 Å². The zero-order valence-corrected chi connectivity index (χ0v) is 12.6. The molecular weight excluding hydrogens is 290 g/mol. The predicted octanol–water partition coefficient (Wildman–Crippen LogP) is 3.54. The zero-order chi connectivity index (χ0) is 12.8. The van der Waals surface area contributed by atoms with E-state index in [9.17, 15) is 0 Å². The third-order valence-corrected chi connectivity index (χ3v) is 4.09. The van der Waals surface area contributed by atoms with Gasteiger partial charge in [-0.2, -0.15) is 0 Å². The zero-order valence-electron chi connectivity index (χ0n) is 11.0. The quantitative estimate of drug-likeness (QED) is 0.898. The Hall–Kier alpha value is -0.380. The smallest absolute Gasteiger partial charge is 0.0590 e. The first kappa shape index (κ1) is 14.0. The molecule has 0 spiro atoms. The molecule has 1 aliphatic rings. The summed E-state index contributed by atoms with van der Waals surface area (Å²) in [6.45, 7) is 0.942. The Labute approximate surface area is 118 Å². The monoisotopic (exact) mass is 311 g/mol. The van der Waals surface area contributed by atoms with Crippen molar-refractivity contribution >= 4 is 15.9 Å². The van der Waals surface area contributed by atoms with Crippen molar-refractivity contribution in [2.45, 2.75) is 44.2 Å². The largest absolute Gasteiger partial charge is 0.378 e. The third kappa shape index (κ3) is 4.38. The van der Waals surface area contributed by atoms with E-state index in [4.69, 9.17) is 4.74 Å². The highest BCUT2D eigenvalue weighted by molar-refractivity contribution is 9.10. The lowest BCUT2D eigenvalue weighted by molar-refractivity contribution is 0.00569. The van der Waals surface area contributed by atoms with E-state index >= 15 is 0 Å². The molecular formula is C15H22BrNO. The molecule has 1 aromatic rings. The van der Waals surface area contributed by atoms with Gasteiger partial charge in [0.25, 0.3) is 0 Å². The SMILES string of the molecule is CNC(Cc1cccc(Br)c1)CC1CCCCO1. The normalized spacial score (nSPS) is 21.8. The number of hydrogen-bond donors (Lipinski definition) is 1. The molecule has 0 saturated carbocycles. The van der Waals surface area contributed by atoms with Crippen LogP contribution in [0.15, 0.2) is 28.7 Å². The molecule has 2 nitrogen and oxygen atoms in total. The van der Waals surface area contributed by atoms with Crippen LogP contribution in [0, 0.1) is 0 Å². The number of nitrogens with one attached hydrogen (secondary N) is 1. The summed E-state index contributed by atoms with van der Waals surface area (Å²) in [5.74, 6) is 0. The maximum atomic E-state index is 5.82. The number of hydrogen-bond acceptors (Lipinski definition) is 2. The van der Waals surface area contributed by atoms with Crippen LogP contribution in [0.1, 0.15) is 31.2 Å². The fraction of sp³-hybridized carbons (Fsp3) is 0.600. The second-order valence-corrected chi connectivity index (χ2v) is 5.96. The van der Waals surface area contributed by atoms with Gasteiger partial charge in [0.1, 0.15) is 0 Å². The highest BCUT2D eigenvalue weighted by Gasteiger charge is 2.18. The molecule has 2 unspecified atom stereocenters. The second-order valence-electron chi connectivity index (χ2n) is 5.04. The van der Waals surface area contributed by atoms with Gasteiger partial charge >= 0.3 is 0 Å². The van der Waals surface area contributed by atoms with Crippen LogP contribution in [0.25, 0.3) is 0 Å². The molecule has 1 heterocycles. The van der Waals surface area contributed by atoms with Gasteiger partial charge in [-0.15, -0.1) is 0 Å². The van der Waals surface area contributed by atoms with E-state index in [1.165, 1.54) is 24.8 Å². The van der Waals surface area contributed by atoms with Crippen molar-refractivity contribution in [2.75, 3.05) is 13.7 Å². The van der Waals surface area contributed by atoms with Gasteiger partial charge in [-0.3, -0.25) is 0 Å². The van der Waals surface area contributed by atoms with E-state index in [-0.39, 0.29) is 0 Å². The van der Waals surface area contributed by atoms with Gasteiger partial charge in [-0.25, -0.2) is 0 Å². The standard InChI is InChI=1S/C15H22BrNO/c1-17-14(11-15-7-2-3-8-18-15)10-12-5-4-6-13(16)9-12/h4-6,9,14-15,17H,2-3,7-8,10-11H2,1H3. The molecule has 1 fully saturated rings. The Bertz CT molecular complexity index is 363. The Morgan fingerprint density at radius 2 is 2.33 bits per heavy atom. The highest BCUT2D eigenvalue weighted by atomic mass is 79.9. The molecule has 2 atom stereocenters. The van der Waals surface area contributed by atoms with Crippen molar-refractivity contribution in [1.82, 2.24) is 5.32 Å². The van der Waals surface area contributed by atoms with E-state index in [0.29, 0.717) is 12.1 Å². The van der Waals surface area contributed by atoms with Crippen LogP contribution in [-0.2, 0) is 11.2 Å². The number of benzene rings is 1. The predicted molar refractivity (Wildman–Crippen MR) is 78.9 cm³/mol. The number of ether oxygens (including phenoxy) is 1. The van der Waals surface area contributed by atoms with Crippen molar-refractivity contribution in [3.63, 3.8) is 0 Å². The Morgan fingerprint density at radius 3 is 3.00 bits per heavy atom. The lowest BCUT2D eigenvalue weighted by atomic mass is 9.97. The van der Waals surface area contributed by atoms with Crippen LogP contribution < -0.4 is 5.32 Å². The van der Waals surface area contributed by atoms with E-state index < -0.39 is 0 Å². The Balaban J connectivity index is 1.88. The Kier molecular flexibility index (Phi) is 5.67. The molecule has 0 amide bonds. The minimum absolute atomic E-state index is 0.448. The van der Waals surface area contributed by atoms with Gasteiger partial charge in [0.15, 0.2) is 0 Å². The first-order valence-electron chi connectivity index (χ1n) is 6.81. The van der Waals surface area contributed by atoms with E-state index in [1.807, 2.05) is 7.05 Å². The van der Waals surface area contributed by atoms with Crippen LogP contribution in [0.2, 0.25) is 0 Å². The maximum absolute atomic E-state index is 5.82. The van der Waals surface area contributed by atoms with Gasteiger partial charge in [-0.05, 0) is 56.8 Å². The van der Waals surface area contributed by atoms with Crippen LogP contribution in [0.4, 0.5) is 0 Å². The number of halogens is 1. The van der Waals surface area contributed by atoms with Crippen molar-refractivity contribution < 1.29 is 4.74 Å². The van der Waals surface area contributed by atoms with Crippen LogP contribution in [0.3, 0.4) is 0 Å². The minimum Gasteiger partial charge on any atom is -0.378 e. The summed E-state index contributed by atoms with van der Waals surface area (Å²) in [5.41, 5.74) is 1.37. The van der Waals surface area contributed by atoms with Gasteiger partial charge in [0.2, 0.25) is 0 Å². The summed E-state index contributed by atoms with van der Waals surface area (Å²) in [4.78, 5) is 0. The molecule has 0 bridgehead atoms. The van der Waals surface area contributed by atoms with Crippen molar-refractivity contribution in [3.05, 3.63) is 34.3 Å². The maximum Gasteiger partial charge on any atom is 0.0590 e. The summed E-state index contributed by atoms with van der Waals surface area (Å²) in [7, 11) is 2.05. The average molecular weight is 312 g/mol. The highest BCUT2D eigenvalue weighted by Crippen LogP contribution is 2.19. The second kappa shape index (κ2) is 7.27. The summed E-state index contributed by atoms with van der Waals surface area (Å²) >= 11 is 3.53. The first-order chi connectivity index (χ1) is 8.78. The molecule has 1 aromatic carbocycles. The van der Waals surface area contributed by atoms with Crippen LogP contribution in [0.5, 0.6) is 0 Å². The molecule has 0 radical (unpaired) electrons. The summed E-state index contributed by atoms with van der Waals surface area (Å²) in [5, 5.41) is 3.42. The van der Waals surface area contributed by atoms with Gasteiger partial charge in [-0.1, -0.05) is 28.1 Å². The Morgan fingerprint density at radius 1 is 1.44 bits per heavy atom. The van der Waals surface area contributed by atoms with Crippen molar-refractivity contribution in [1.29, 1.82) is 0 Å². The van der Waals surface area contributed by atoms with Gasteiger partial charge in [0, 0.05) is 17.1 Å². The molecule has 100 valence electrons. The average Bonchev–Trinajstić information content (AvgIpc) is 2.39. The van der Waals surface area contributed by atoms with Crippen LogP contribution >= 0.6 is 15.9 Å². The molecule has 1 N–H and O–H groups in total. The van der Waals surface area contributed by atoms with Gasteiger partial charge in [0.05, 0.1) is 6.10 Å². The van der Waals surface area contributed by atoms with E-state index in [1.54, 1.807) is 0 Å². The molecule has 1 aliphatic heterocycles. The number of rotatable bonds is 5. The minimum atomic E-state index is 0.448. The third-order valence-electron chi connectivity index (χ3n) is 3.60. The molecule has 3 heteroatoms.